The van der Waals surface area contributed by atoms with Crippen molar-refractivity contribution in [2.75, 3.05) is 0 Å². The SMILES string of the molecule is O=c1c2ccccc2oc2c1c(-c1ccccc1)c(-c1ccccc1)c1ccccc12. The summed E-state index contributed by atoms with van der Waals surface area (Å²) in [6.07, 6.45) is 0. The van der Waals surface area contributed by atoms with E-state index in [4.69, 9.17) is 4.42 Å². The van der Waals surface area contributed by atoms with Gasteiger partial charge in [-0.05, 0) is 34.2 Å². The summed E-state index contributed by atoms with van der Waals surface area (Å²) in [6.45, 7) is 0. The number of rotatable bonds is 2. The minimum absolute atomic E-state index is 0.00126. The van der Waals surface area contributed by atoms with E-state index in [9.17, 15) is 4.79 Å². The van der Waals surface area contributed by atoms with Gasteiger partial charge in [-0.2, -0.15) is 0 Å². The molecule has 2 nitrogen and oxygen atoms in total. The monoisotopic (exact) mass is 398 g/mol. The van der Waals surface area contributed by atoms with E-state index in [-0.39, 0.29) is 5.43 Å². The van der Waals surface area contributed by atoms with Crippen LogP contribution < -0.4 is 5.43 Å². The van der Waals surface area contributed by atoms with Crippen LogP contribution in [-0.2, 0) is 0 Å². The van der Waals surface area contributed by atoms with Crippen LogP contribution >= 0.6 is 0 Å². The van der Waals surface area contributed by atoms with Gasteiger partial charge in [0.05, 0.1) is 10.8 Å². The minimum atomic E-state index is -0.00126. The summed E-state index contributed by atoms with van der Waals surface area (Å²) >= 11 is 0. The van der Waals surface area contributed by atoms with Crippen molar-refractivity contribution in [1.82, 2.24) is 0 Å². The lowest BCUT2D eigenvalue weighted by atomic mass is 9.86. The van der Waals surface area contributed by atoms with Gasteiger partial charge in [-0.1, -0.05) is 97.1 Å². The topological polar surface area (TPSA) is 30.2 Å². The fraction of sp³-hybridized carbons (Fsp3) is 0. The maximum Gasteiger partial charge on any atom is 0.201 e. The van der Waals surface area contributed by atoms with Gasteiger partial charge in [0.15, 0.2) is 0 Å². The van der Waals surface area contributed by atoms with Crippen LogP contribution in [0.1, 0.15) is 0 Å². The predicted molar refractivity (Wildman–Crippen MR) is 128 cm³/mol. The van der Waals surface area contributed by atoms with E-state index < -0.39 is 0 Å². The Labute approximate surface area is 179 Å². The second kappa shape index (κ2) is 6.96. The first-order valence-corrected chi connectivity index (χ1v) is 10.3. The van der Waals surface area contributed by atoms with Gasteiger partial charge in [-0.3, -0.25) is 4.79 Å². The molecule has 1 aromatic heterocycles. The van der Waals surface area contributed by atoms with Crippen molar-refractivity contribution in [3.63, 3.8) is 0 Å². The van der Waals surface area contributed by atoms with Crippen molar-refractivity contribution in [1.29, 1.82) is 0 Å². The van der Waals surface area contributed by atoms with Crippen LogP contribution in [0.15, 0.2) is 118 Å². The lowest BCUT2D eigenvalue weighted by molar-refractivity contribution is 0.664. The summed E-state index contributed by atoms with van der Waals surface area (Å²) in [4.78, 5) is 13.8. The highest BCUT2D eigenvalue weighted by molar-refractivity contribution is 6.20. The second-order valence-electron chi connectivity index (χ2n) is 7.66. The Hall–Kier alpha value is -4.17. The average molecular weight is 398 g/mol. The van der Waals surface area contributed by atoms with E-state index in [1.54, 1.807) is 0 Å². The van der Waals surface area contributed by atoms with Crippen LogP contribution in [0, 0.1) is 0 Å². The first kappa shape index (κ1) is 17.7. The molecule has 146 valence electrons. The molecule has 0 radical (unpaired) electrons. The highest BCUT2D eigenvalue weighted by Gasteiger charge is 2.21. The summed E-state index contributed by atoms with van der Waals surface area (Å²) < 4.78 is 6.39. The molecule has 0 aliphatic heterocycles. The van der Waals surface area contributed by atoms with Gasteiger partial charge in [0.1, 0.15) is 11.2 Å². The van der Waals surface area contributed by atoms with E-state index in [0.29, 0.717) is 21.9 Å². The van der Waals surface area contributed by atoms with Crippen molar-refractivity contribution < 1.29 is 4.42 Å². The van der Waals surface area contributed by atoms with Crippen molar-refractivity contribution in [3.8, 4) is 22.3 Å². The zero-order chi connectivity index (χ0) is 20.8. The lowest BCUT2D eigenvalue weighted by Gasteiger charge is -2.17. The molecule has 0 aliphatic carbocycles. The van der Waals surface area contributed by atoms with E-state index in [2.05, 4.69) is 30.3 Å². The van der Waals surface area contributed by atoms with Crippen LogP contribution in [-0.4, -0.2) is 0 Å². The Balaban J connectivity index is 1.96. The zero-order valence-corrected chi connectivity index (χ0v) is 16.7. The van der Waals surface area contributed by atoms with Crippen molar-refractivity contribution in [2.45, 2.75) is 0 Å². The van der Waals surface area contributed by atoms with Crippen LogP contribution in [0.2, 0.25) is 0 Å². The standard InChI is InChI=1S/C29H18O2/c30-28-23-17-9-10-18-24(23)31-29-22-16-8-7-15-21(22)25(19-11-3-1-4-12-19)26(27(28)29)20-13-5-2-6-14-20/h1-18H. The van der Waals surface area contributed by atoms with Crippen LogP contribution in [0.25, 0.3) is 55.0 Å². The highest BCUT2D eigenvalue weighted by atomic mass is 16.3. The molecular weight excluding hydrogens is 380 g/mol. The van der Waals surface area contributed by atoms with Gasteiger partial charge in [0.2, 0.25) is 5.43 Å². The molecule has 2 heteroatoms. The number of benzene rings is 5. The number of para-hydroxylation sites is 1. The molecule has 5 aromatic carbocycles. The molecule has 31 heavy (non-hydrogen) atoms. The molecule has 6 rings (SSSR count). The van der Waals surface area contributed by atoms with Gasteiger partial charge in [-0.15, -0.1) is 0 Å². The summed E-state index contributed by atoms with van der Waals surface area (Å²) in [5.41, 5.74) is 5.29. The first-order chi connectivity index (χ1) is 15.3. The second-order valence-corrected chi connectivity index (χ2v) is 7.66. The van der Waals surface area contributed by atoms with E-state index in [1.165, 1.54) is 0 Å². The summed E-state index contributed by atoms with van der Waals surface area (Å²) in [5.74, 6) is 0. The van der Waals surface area contributed by atoms with Gasteiger partial charge in [0.25, 0.3) is 0 Å². The number of hydrogen-bond acceptors (Lipinski definition) is 2. The number of fused-ring (bicyclic) bond motifs is 4. The van der Waals surface area contributed by atoms with Crippen LogP contribution in [0.3, 0.4) is 0 Å². The Kier molecular flexibility index (Phi) is 3.97. The molecule has 0 N–H and O–H groups in total. The third kappa shape index (κ3) is 2.69. The molecular formula is C29H18O2. The molecule has 0 saturated heterocycles. The van der Waals surface area contributed by atoms with E-state index in [1.807, 2.05) is 78.9 Å². The molecule has 0 saturated carbocycles. The van der Waals surface area contributed by atoms with Gasteiger partial charge >= 0.3 is 0 Å². The van der Waals surface area contributed by atoms with E-state index >= 15 is 0 Å². The largest absolute Gasteiger partial charge is 0.455 e. The summed E-state index contributed by atoms with van der Waals surface area (Å²) in [6, 6.07) is 36.1. The summed E-state index contributed by atoms with van der Waals surface area (Å²) in [7, 11) is 0. The van der Waals surface area contributed by atoms with Gasteiger partial charge < -0.3 is 4.42 Å². The molecule has 0 atom stereocenters. The smallest absolute Gasteiger partial charge is 0.201 e. The first-order valence-electron chi connectivity index (χ1n) is 10.3. The van der Waals surface area contributed by atoms with Crippen molar-refractivity contribution in [2.24, 2.45) is 0 Å². The van der Waals surface area contributed by atoms with E-state index in [0.717, 1.165) is 33.0 Å². The maximum atomic E-state index is 13.8. The Morgan fingerprint density at radius 3 is 1.68 bits per heavy atom. The third-order valence-electron chi connectivity index (χ3n) is 5.86. The lowest BCUT2D eigenvalue weighted by Crippen LogP contribution is -2.05. The van der Waals surface area contributed by atoms with Crippen LogP contribution in [0.4, 0.5) is 0 Å². The third-order valence-corrected chi connectivity index (χ3v) is 5.86. The van der Waals surface area contributed by atoms with Crippen LogP contribution in [0.5, 0.6) is 0 Å². The van der Waals surface area contributed by atoms with Crippen molar-refractivity contribution in [3.05, 3.63) is 119 Å². The molecule has 0 amide bonds. The maximum absolute atomic E-state index is 13.8. The molecule has 0 aliphatic rings. The molecule has 0 spiro atoms. The predicted octanol–water partition coefficient (Wildman–Crippen LogP) is 7.43. The molecule has 6 aromatic rings. The fourth-order valence-electron chi connectivity index (χ4n) is 4.52. The minimum Gasteiger partial charge on any atom is -0.455 e. The highest BCUT2D eigenvalue weighted by Crippen LogP contribution is 2.43. The quantitative estimate of drug-likeness (QED) is 0.224. The normalized spacial score (nSPS) is 11.4. The Bertz CT molecular complexity index is 1630. The van der Waals surface area contributed by atoms with Crippen molar-refractivity contribution >= 4 is 32.7 Å². The van der Waals surface area contributed by atoms with Gasteiger partial charge in [-0.25, -0.2) is 0 Å². The molecule has 0 bridgehead atoms. The van der Waals surface area contributed by atoms with Gasteiger partial charge in [0, 0.05) is 10.9 Å². The Morgan fingerprint density at radius 2 is 1.00 bits per heavy atom. The molecule has 0 unspecified atom stereocenters. The number of hydrogen-bond donors (Lipinski definition) is 0. The molecule has 0 fully saturated rings. The average Bonchev–Trinajstić information content (AvgIpc) is 2.84. The Morgan fingerprint density at radius 1 is 0.484 bits per heavy atom. The molecule has 1 heterocycles. The fourth-order valence-corrected chi connectivity index (χ4v) is 4.52. The zero-order valence-electron chi connectivity index (χ0n) is 16.7. The summed E-state index contributed by atoms with van der Waals surface area (Å²) in [5, 5.41) is 3.24.